The zero-order valence-electron chi connectivity index (χ0n) is 15.3. The van der Waals surface area contributed by atoms with Crippen molar-refractivity contribution in [3.63, 3.8) is 0 Å². The van der Waals surface area contributed by atoms with Crippen molar-refractivity contribution in [2.45, 2.75) is 18.7 Å². The minimum Gasteiger partial charge on any atom is -0.472 e. The number of halogens is 4. The lowest BCUT2D eigenvalue weighted by molar-refractivity contribution is -0.159. The fourth-order valence-electron chi connectivity index (χ4n) is 3.02. The van der Waals surface area contributed by atoms with E-state index >= 15 is 0 Å². The lowest BCUT2D eigenvalue weighted by Gasteiger charge is -2.17. The van der Waals surface area contributed by atoms with E-state index in [9.17, 15) is 22.4 Å². The number of rotatable bonds is 4. The van der Waals surface area contributed by atoms with Gasteiger partial charge in [0.1, 0.15) is 11.9 Å². The highest BCUT2D eigenvalue weighted by Crippen LogP contribution is 2.29. The first-order valence-corrected chi connectivity index (χ1v) is 8.89. The maximum Gasteiger partial charge on any atom is 0.471 e. The molecule has 0 saturated carbocycles. The van der Waals surface area contributed by atoms with Crippen LogP contribution in [0.2, 0.25) is 0 Å². The van der Waals surface area contributed by atoms with Crippen molar-refractivity contribution in [3.05, 3.63) is 59.9 Å². The number of benzene rings is 1. The van der Waals surface area contributed by atoms with Gasteiger partial charge in [-0.15, -0.1) is 0 Å². The van der Waals surface area contributed by atoms with Crippen molar-refractivity contribution in [1.29, 1.82) is 0 Å². The smallest absolute Gasteiger partial charge is 0.471 e. The van der Waals surface area contributed by atoms with E-state index in [1.807, 2.05) is 0 Å². The van der Waals surface area contributed by atoms with Crippen LogP contribution in [0.1, 0.15) is 22.7 Å². The van der Waals surface area contributed by atoms with Crippen LogP contribution in [0.15, 0.2) is 47.1 Å². The number of hydrogen-bond donors (Lipinski definition) is 0. The number of nitrogens with zero attached hydrogens (tertiary/aromatic N) is 4. The monoisotopic (exact) mass is 422 g/mol. The molecule has 1 aliphatic heterocycles. The van der Waals surface area contributed by atoms with Gasteiger partial charge in [0.05, 0.1) is 12.1 Å². The van der Waals surface area contributed by atoms with Crippen LogP contribution >= 0.6 is 0 Å². The Morgan fingerprint density at radius 1 is 1.20 bits per heavy atom. The fourth-order valence-corrected chi connectivity index (χ4v) is 3.02. The summed E-state index contributed by atoms with van der Waals surface area (Å²) in [5.74, 6) is -2.46. The molecular weight excluding hydrogens is 408 g/mol. The van der Waals surface area contributed by atoms with E-state index in [1.165, 1.54) is 41.4 Å². The van der Waals surface area contributed by atoms with E-state index in [-0.39, 0.29) is 35.5 Å². The molecule has 7 nitrogen and oxygen atoms in total. The van der Waals surface area contributed by atoms with Gasteiger partial charge in [0.15, 0.2) is 0 Å². The molecule has 11 heteroatoms. The Kier molecular flexibility index (Phi) is 5.10. The van der Waals surface area contributed by atoms with Gasteiger partial charge in [-0.1, -0.05) is 17.3 Å². The van der Waals surface area contributed by atoms with Crippen molar-refractivity contribution in [2.75, 3.05) is 13.1 Å². The van der Waals surface area contributed by atoms with E-state index in [1.54, 1.807) is 6.07 Å². The third-order valence-corrected chi connectivity index (χ3v) is 4.49. The van der Waals surface area contributed by atoms with Crippen LogP contribution in [0, 0.1) is 5.82 Å². The summed E-state index contributed by atoms with van der Waals surface area (Å²) < 4.78 is 61.4. The van der Waals surface area contributed by atoms with Crippen LogP contribution in [0.4, 0.5) is 17.6 Å². The van der Waals surface area contributed by atoms with Crippen molar-refractivity contribution >= 4 is 5.91 Å². The number of likely N-dealkylation sites (tertiary alicyclic amines) is 1. The maximum absolute atomic E-state index is 13.8. The molecule has 156 valence electrons. The summed E-state index contributed by atoms with van der Waals surface area (Å²) in [6, 6.07) is 8.66. The van der Waals surface area contributed by atoms with E-state index in [0.717, 1.165) is 0 Å². The molecule has 1 unspecified atom stereocenters. The summed E-state index contributed by atoms with van der Waals surface area (Å²) in [4.78, 5) is 21.3. The average molecular weight is 422 g/mol. The van der Waals surface area contributed by atoms with Crippen molar-refractivity contribution in [2.24, 2.45) is 0 Å². The molecule has 2 aromatic heterocycles. The van der Waals surface area contributed by atoms with Gasteiger partial charge in [-0.05, 0) is 18.2 Å². The van der Waals surface area contributed by atoms with Gasteiger partial charge in [-0.3, -0.25) is 4.79 Å². The van der Waals surface area contributed by atoms with Gasteiger partial charge in [0.2, 0.25) is 11.7 Å². The normalized spacial score (nSPS) is 16.7. The van der Waals surface area contributed by atoms with Crippen molar-refractivity contribution in [3.8, 4) is 17.3 Å². The first kappa shape index (κ1) is 19.8. The molecule has 0 aliphatic carbocycles. The van der Waals surface area contributed by atoms with Gasteiger partial charge in [0.25, 0.3) is 5.91 Å². The first-order chi connectivity index (χ1) is 14.3. The predicted octanol–water partition coefficient (Wildman–Crippen LogP) is 3.58. The second-order valence-corrected chi connectivity index (χ2v) is 6.57. The van der Waals surface area contributed by atoms with Gasteiger partial charge in [-0.25, -0.2) is 9.37 Å². The molecule has 4 rings (SSSR count). The summed E-state index contributed by atoms with van der Waals surface area (Å²) in [6.07, 6.45) is -3.28. The van der Waals surface area contributed by atoms with Crippen LogP contribution in [0.3, 0.4) is 0 Å². The number of alkyl halides is 3. The van der Waals surface area contributed by atoms with Gasteiger partial charge in [0, 0.05) is 30.8 Å². The molecule has 30 heavy (non-hydrogen) atoms. The van der Waals surface area contributed by atoms with Crippen LogP contribution in [-0.2, 0) is 6.18 Å². The highest BCUT2D eigenvalue weighted by Gasteiger charge is 2.38. The molecule has 1 fully saturated rings. The third kappa shape index (κ3) is 4.09. The van der Waals surface area contributed by atoms with Gasteiger partial charge < -0.3 is 14.2 Å². The number of hydrogen-bond acceptors (Lipinski definition) is 6. The molecule has 1 atom stereocenters. The predicted molar refractivity (Wildman–Crippen MR) is 93.9 cm³/mol. The molecule has 3 heterocycles. The third-order valence-electron chi connectivity index (χ3n) is 4.49. The minimum atomic E-state index is -4.73. The van der Waals surface area contributed by atoms with E-state index in [0.29, 0.717) is 13.0 Å². The summed E-state index contributed by atoms with van der Waals surface area (Å²) in [5.41, 5.74) is 0.225. The molecule has 1 amide bonds. The topological polar surface area (TPSA) is 81.4 Å². The molecule has 0 bridgehead atoms. The molecule has 0 spiro atoms. The maximum atomic E-state index is 13.8. The Bertz CT molecular complexity index is 1050. The Morgan fingerprint density at radius 2 is 2.00 bits per heavy atom. The van der Waals surface area contributed by atoms with Gasteiger partial charge >= 0.3 is 12.1 Å². The number of carbonyl (C=O) groups is 1. The van der Waals surface area contributed by atoms with Crippen LogP contribution in [-0.4, -0.2) is 45.1 Å². The quantitative estimate of drug-likeness (QED) is 0.598. The molecule has 1 saturated heterocycles. The molecule has 3 aromatic rings. The van der Waals surface area contributed by atoms with Gasteiger partial charge in [-0.2, -0.15) is 18.2 Å². The summed E-state index contributed by atoms with van der Waals surface area (Å²) >= 11 is 0. The van der Waals surface area contributed by atoms with Crippen molar-refractivity contribution in [1.82, 2.24) is 20.0 Å². The molecule has 1 aliphatic rings. The second kappa shape index (κ2) is 7.73. The molecule has 1 aromatic carbocycles. The Hall–Kier alpha value is -3.50. The zero-order chi connectivity index (χ0) is 21.3. The van der Waals surface area contributed by atoms with Crippen LogP contribution < -0.4 is 4.74 Å². The molecule has 0 radical (unpaired) electrons. The standard InChI is InChI=1S/C19H14F4N4O3/c20-14-4-2-1-3-13(14)17(28)27-8-7-12(10-27)29-15-6-5-11(9-24-15)16-25-18(30-26-16)19(21,22)23/h1-6,9,12H,7-8,10H2. The van der Waals surface area contributed by atoms with E-state index in [2.05, 4.69) is 19.6 Å². The summed E-state index contributed by atoms with van der Waals surface area (Å²) in [6.45, 7) is 0.662. The number of ether oxygens (including phenoxy) is 1. The summed E-state index contributed by atoms with van der Waals surface area (Å²) in [5, 5.41) is 3.29. The highest BCUT2D eigenvalue weighted by atomic mass is 19.4. The Balaban J connectivity index is 1.38. The lowest BCUT2D eigenvalue weighted by atomic mass is 10.2. The average Bonchev–Trinajstić information content (AvgIpc) is 3.38. The Morgan fingerprint density at radius 3 is 2.67 bits per heavy atom. The minimum absolute atomic E-state index is 0.000957. The van der Waals surface area contributed by atoms with E-state index < -0.39 is 23.8 Å². The highest BCUT2D eigenvalue weighted by molar-refractivity contribution is 5.94. The fraction of sp³-hybridized carbons (Fsp3) is 0.263. The number of aromatic nitrogens is 3. The summed E-state index contributed by atoms with van der Waals surface area (Å²) in [7, 11) is 0. The second-order valence-electron chi connectivity index (χ2n) is 6.57. The molecular formula is C19H14F4N4O3. The van der Waals surface area contributed by atoms with Crippen LogP contribution in [0.5, 0.6) is 5.88 Å². The SMILES string of the molecule is O=C(c1ccccc1F)N1CCC(Oc2ccc(-c3noc(C(F)(F)F)n3)cn2)C1. The lowest BCUT2D eigenvalue weighted by Crippen LogP contribution is -2.31. The van der Waals surface area contributed by atoms with E-state index in [4.69, 9.17) is 4.74 Å². The zero-order valence-corrected chi connectivity index (χ0v) is 15.3. The van der Waals surface area contributed by atoms with Crippen LogP contribution in [0.25, 0.3) is 11.4 Å². The number of carbonyl (C=O) groups excluding carboxylic acids is 1. The largest absolute Gasteiger partial charge is 0.472 e. The number of pyridine rings is 1. The first-order valence-electron chi connectivity index (χ1n) is 8.89. The number of amides is 1. The van der Waals surface area contributed by atoms with Crippen molar-refractivity contribution < 1.29 is 31.6 Å². The Labute approximate surface area is 167 Å². The molecule has 0 N–H and O–H groups in total.